The molecule has 2 N–H and O–H groups in total. The number of carbonyl (C=O) groups excluding carboxylic acids is 2. The Morgan fingerprint density at radius 3 is 2.38 bits per heavy atom. The third kappa shape index (κ3) is 5.85. The van der Waals surface area contributed by atoms with Gasteiger partial charge in [-0.05, 0) is 52.7 Å². The molecule has 0 aliphatic carbocycles. The lowest BCUT2D eigenvalue weighted by molar-refractivity contribution is 0.0843. The zero-order chi connectivity index (χ0) is 20.8. The van der Waals surface area contributed by atoms with Gasteiger partial charge in [-0.15, -0.1) is 0 Å². The molecule has 6 nitrogen and oxygen atoms in total. The van der Waals surface area contributed by atoms with Crippen molar-refractivity contribution < 1.29 is 14.0 Å². The normalized spacial score (nSPS) is 10.4. The molecule has 0 atom stereocenters. The fraction of sp³-hybridized carbons (Fsp3) is 0.100. The highest BCUT2D eigenvalue weighted by atomic mass is 79.9. The summed E-state index contributed by atoms with van der Waals surface area (Å²) < 4.78 is 13.4. The molecule has 29 heavy (non-hydrogen) atoms. The number of carbonyl (C=O) groups is 2. The van der Waals surface area contributed by atoms with Crippen molar-refractivity contribution in [2.24, 2.45) is 0 Å². The Kier molecular flexibility index (Phi) is 6.95. The van der Waals surface area contributed by atoms with E-state index >= 15 is 0 Å². The van der Waals surface area contributed by atoms with Gasteiger partial charge in [-0.25, -0.2) is 14.4 Å². The molecule has 2 amide bonds. The minimum Gasteiger partial charge on any atom is -0.267 e. The second-order valence-corrected chi connectivity index (χ2v) is 7.84. The van der Waals surface area contributed by atoms with Crippen molar-refractivity contribution in [2.45, 2.75) is 17.8 Å². The average molecular weight is 475 g/mol. The van der Waals surface area contributed by atoms with E-state index in [1.807, 2.05) is 19.1 Å². The van der Waals surface area contributed by atoms with Gasteiger partial charge in [0.2, 0.25) is 0 Å². The van der Waals surface area contributed by atoms with Gasteiger partial charge in [-0.3, -0.25) is 20.4 Å². The third-order valence-corrected chi connectivity index (χ3v) is 5.33. The number of benzene rings is 2. The Balaban J connectivity index is 1.62. The van der Waals surface area contributed by atoms with E-state index in [1.54, 1.807) is 24.3 Å². The molecule has 148 valence electrons. The molecule has 3 rings (SSSR count). The largest absolute Gasteiger partial charge is 0.289 e. The molecule has 0 radical (unpaired) electrons. The predicted octanol–water partition coefficient (Wildman–Crippen LogP) is 4.05. The summed E-state index contributed by atoms with van der Waals surface area (Å²) in [6.45, 7) is 1.92. The van der Waals surface area contributed by atoms with Crippen molar-refractivity contribution in [1.29, 1.82) is 0 Å². The van der Waals surface area contributed by atoms with E-state index in [2.05, 4.69) is 36.7 Å². The second kappa shape index (κ2) is 9.62. The van der Waals surface area contributed by atoms with Crippen LogP contribution in [0.3, 0.4) is 0 Å². The van der Waals surface area contributed by atoms with Gasteiger partial charge < -0.3 is 0 Å². The Hall–Kier alpha value is -2.78. The van der Waals surface area contributed by atoms with Crippen LogP contribution in [0.4, 0.5) is 4.39 Å². The molecule has 0 saturated carbocycles. The highest BCUT2D eigenvalue weighted by Crippen LogP contribution is 2.22. The summed E-state index contributed by atoms with van der Waals surface area (Å²) in [5.41, 5.74) is 7.16. The number of hydrogen-bond donors (Lipinski definition) is 2. The topological polar surface area (TPSA) is 84.0 Å². The summed E-state index contributed by atoms with van der Waals surface area (Å²) in [6, 6.07) is 13.1. The van der Waals surface area contributed by atoms with E-state index < -0.39 is 11.8 Å². The van der Waals surface area contributed by atoms with Crippen molar-refractivity contribution in [1.82, 2.24) is 20.8 Å². The van der Waals surface area contributed by atoms with Crippen LogP contribution in [0.15, 0.2) is 64.4 Å². The summed E-state index contributed by atoms with van der Waals surface area (Å²) in [6.07, 6.45) is 1.47. The van der Waals surface area contributed by atoms with Gasteiger partial charge in [0.05, 0.1) is 4.47 Å². The molecule has 3 aromatic rings. The van der Waals surface area contributed by atoms with Crippen LogP contribution < -0.4 is 10.9 Å². The summed E-state index contributed by atoms with van der Waals surface area (Å²) in [4.78, 5) is 33.0. The fourth-order valence-electron chi connectivity index (χ4n) is 2.26. The van der Waals surface area contributed by atoms with Crippen LogP contribution in [0.1, 0.15) is 32.0 Å². The maximum Gasteiger partial charge on any atom is 0.289 e. The molecule has 0 aliphatic rings. The minimum atomic E-state index is -0.580. The van der Waals surface area contributed by atoms with E-state index in [4.69, 9.17) is 0 Å². The van der Waals surface area contributed by atoms with Gasteiger partial charge in [-0.1, -0.05) is 41.6 Å². The lowest BCUT2D eigenvalue weighted by atomic mass is 10.1. The molecule has 9 heteroatoms. The van der Waals surface area contributed by atoms with E-state index in [0.29, 0.717) is 20.9 Å². The van der Waals surface area contributed by atoms with E-state index in [9.17, 15) is 14.0 Å². The van der Waals surface area contributed by atoms with Gasteiger partial charge in [0.1, 0.15) is 11.5 Å². The Morgan fingerprint density at radius 1 is 1.03 bits per heavy atom. The molecule has 0 fully saturated rings. The molecule has 0 unspecified atom stereocenters. The number of aryl methyl sites for hydroxylation is 1. The standard InChI is InChI=1S/C20H16BrFN4O2S/c1-12-2-6-14(7-3-12)18(27)25-26-19(28)17-16(21)10-23-20(24-17)29-11-13-4-8-15(22)9-5-13/h2-10H,11H2,1H3,(H,25,27)(H,26,28). The highest BCUT2D eigenvalue weighted by molar-refractivity contribution is 9.10. The maximum absolute atomic E-state index is 13.0. The lowest BCUT2D eigenvalue weighted by Crippen LogP contribution is -2.42. The first-order valence-corrected chi connectivity index (χ1v) is 10.3. The molecule has 0 bridgehead atoms. The summed E-state index contributed by atoms with van der Waals surface area (Å²) in [5.74, 6) is -0.796. The number of halogens is 2. The smallest absolute Gasteiger partial charge is 0.267 e. The number of aromatic nitrogens is 2. The summed E-state index contributed by atoms with van der Waals surface area (Å²) in [7, 11) is 0. The van der Waals surface area contributed by atoms with Crippen LogP contribution in [-0.2, 0) is 5.75 Å². The molecular formula is C20H16BrFN4O2S. The van der Waals surface area contributed by atoms with Gasteiger partial charge in [0.15, 0.2) is 5.16 Å². The van der Waals surface area contributed by atoms with Crippen molar-refractivity contribution >= 4 is 39.5 Å². The van der Waals surface area contributed by atoms with Crippen molar-refractivity contribution in [3.8, 4) is 0 Å². The van der Waals surface area contributed by atoms with Gasteiger partial charge >= 0.3 is 0 Å². The number of hydrazine groups is 1. The van der Waals surface area contributed by atoms with Gasteiger partial charge in [-0.2, -0.15) is 0 Å². The second-order valence-electron chi connectivity index (χ2n) is 6.04. The molecule has 2 aromatic carbocycles. The zero-order valence-corrected chi connectivity index (χ0v) is 17.7. The van der Waals surface area contributed by atoms with E-state index in [-0.39, 0.29) is 11.5 Å². The maximum atomic E-state index is 13.0. The van der Waals surface area contributed by atoms with Crippen molar-refractivity contribution in [3.63, 3.8) is 0 Å². The molecule has 1 aromatic heterocycles. The Labute approximate surface area is 179 Å². The quantitative estimate of drug-likeness (QED) is 0.331. The van der Waals surface area contributed by atoms with Crippen LogP contribution in [0.5, 0.6) is 0 Å². The monoisotopic (exact) mass is 474 g/mol. The Bertz CT molecular complexity index is 1030. The molecule has 0 aliphatic heterocycles. The summed E-state index contributed by atoms with van der Waals surface area (Å²) >= 11 is 4.55. The van der Waals surface area contributed by atoms with E-state index in [0.717, 1.165) is 11.1 Å². The number of rotatable bonds is 5. The van der Waals surface area contributed by atoms with Crippen LogP contribution in [-0.4, -0.2) is 21.8 Å². The molecular weight excluding hydrogens is 459 g/mol. The van der Waals surface area contributed by atoms with Crippen molar-refractivity contribution in [2.75, 3.05) is 0 Å². The minimum absolute atomic E-state index is 0.0887. The molecule has 1 heterocycles. The fourth-order valence-corrected chi connectivity index (χ4v) is 3.40. The summed E-state index contributed by atoms with van der Waals surface area (Å²) in [5, 5.41) is 0.382. The van der Waals surface area contributed by atoms with Crippen LogP contribution in [0.2, 0.25) is 0 Å². The first-order valence-electron chi connectivity index (χ1n) is 8.49. The number of hydrogen-bond acceptors (Lipinski definition) is 5. The van der Waals surface area contributed by atoms with Crippen molar-refractivity contribution in [3.05, 3.63) is 87.4 Å². The SMILES string of the molecule is Cc1ccc(C(=O)NNC(=O)c2nc(SCc3ccc(F)cc3)ncc2Br)cc1. The predicted molar refractivity (Wildman–Crippen MR) is 112 cm³/mol. The Morgan fingerprint density at radius 2 is 1.69 bits per heavy atom. The molecule has 0 spiro atoms. The zero-order valence-electron chi connectivity index (χ0n) is 15.3. The lowest BCUT2D eigenvalue weighted by Gasteiger charge is -2.09. The number of thioether (sulfide) groups is 1. The average Bonchev–Trinajstić information content (AvgIpc) is 2.73. The highest BCUT2D eigenvalue weighted by Gasteiger charge is 2.15. The van der Waals surface area contributed by atoms with Gasteiger partial charge in [0.25, 0.3) is 11.8 Å². The third-order valence-electron chi connectivity index (χ3n) is 3.82. The van der Waals surface area contributed by atoms with Crippen LogP contribution in [0, 0.1) is 12.7 Å². The number of nitrogens with zero attached hydrogens (tertiary/aromatic N) is 2. The van der Waals surface area contributed by atoms with Crippen LogP contribution in [0.25, 0.3) is 0 Å². The number of nitrogens with one attached hydrogen (secondary N) is 2. The first-order chi connectivity index (χ1) is 13.9. The van der Waals surface area contributed by atoms with E-state index in [1.165, 1.54) is 30.1 Å². The van der Waals surface area contributed by atoms with Gasteiger partial charge in [0, 0.05) is 17.5 Å². The number of amides is 2. The first kappa shape index (κ1) is 20.9. The van der Waals surface area contributed by atoms with Crippen LogP contribution >= 0.6 is 27.7 Å². The molecule has 0 saturated heterocycles.